The van der Waals surface area contributed by atoms with Gasteiger partial charge in [0.1, 0.15) is 10.1 Å². The maximum Gasteiger partial charge on any atom is 0.124 e. The second kappa shape index (κ2) is 5.82. The largest absolute Gasteiger partial charge is 0.744 e. The number of hydrogen-bond acceptors (Lipinski definition) is 3. The summed E-state index contributed by atoms with van der Waals surface area (Å²) in [7, 11) is 0.328. The van der Waals surface area contributed by atoms with E-state index in [0.717, 1.165) is 5.56 Å². The quantitative estimate of drug-likeness (QED) is 0.577. The highest BCUT2D eigenvalue weighted by atomic mass is 32.2. The van der Waals surface area contributed by atoms with E-state index in [9.17, 15) is 13.0 Å². The van der Waals surface area contributed by atoms with Gasteiger partial charge >= 0.3 is 0 Å². The number of aryl methyl sites for hydroxylation is 1. The molecule has 0 atom stereocenters. The summed E-state index contributed by atoms with van der Waals surface area (Å²) in [5.74, 6) is 0. The van der Waals surface area contributed by atoms with Gasteiger partial charge in [0.15, 0.2) is 0 Å². The Labute approximate surface area is 110 Å². The highest BCUT2D eigenvalue weighted by Crippen LogP contribution is 2.11. The van der Waals surface area contributed by atoms with Gasteiger partial charge in [0.05, 0.1) is 32.1 Å². The molecule has 1 fully saturated rings. The number of quaternary nitrogens is 1. The number of hydrogen-bond donors (Lipinski definition) is 0. The lowest BCUT2D eigenvalue weighted by atomic mass is 10.2. The van der Waals surface area contributed by atoms with Gasteiger partial charge in [-0.15, -0.1) is 0 Å². The molecule has 18 heavy (non-hydrogen) atoms. The van der Waals surface area contributed by atoms with Crippen LogP contribution in [-0.4, -0.2) is 44.6 Å². The Morgan fingerprint density at radius 3 is 1.78 bits per heavy atom. The average Bonchev–Trinajstić information content (AvgIpc) is 2.63. The summed E-state index contributed by atoms with van der Waals surface area (Å²) in [6.45, 7) is 4.60. The van der Waals surface area contributed by atoms with Crippen molar-refractivity contribution in [2.24, 2.45) is 0 Å². The van der Waals surface area contributed by atoms with Crippen LogP contribution in [0.5, 0.6) is 0 Å². The third kappa shape index (κ3) is 5.16. The van der Waals surface area contributed by atoms with E-state index in [0.29, 0.717) is 0 Å². The molecule has 1 aliphatic rings. The Bertz CT molecular complexity index is 469. The lowest BCUT2D eigenvalue weighted by Crippen LogP contribution is -2.35. The number of benzene rings is 1. The van der Waals surface area contributed by atoms with Crippen LogP contribution >= 0.6 is 0 Å². The third-order valence-corrected chi connectivity index (χ3v) is 3.94. The Kier molecular flexibility index (Phi) is 4.90. The Hall–Kier alpha value is -0.910. The van der Waals surface area contributed by atoms with Gasteiger partial charge < -0.3 is 9.04 Å². The van der Waals surface area contributed by atoms with Crippen LogP contribution in [0.1, 0.15) is 18.4 Å². The van der Waals surface area contributed by atoms with Gasteiger partial charge in [-0.2, -0.15) is 0 Å². The van der Waals surface area contributed by atoms with Crippen molar-refractivity contribution in [3.05, 3.63) is 29.8 Å². The van der Waals surface area contributed by atoms with Gasteiger partial charge in [-0.1, -0.05) is 17.7 Å². The Balaban J connectivity index is 0.000000199. The molecule has 0 bridgehead atoms. The Morgan fingerprint density at radius 2 is 1.50 bits per heavy atom. The van der Waals surface area contributed by atoms with E-state index in [2.05, 4.69) is 14.1 Å². The summed E-state index contributed by atoms with van der Waals surface area (Å²) < 4.78 is 32.4. The van der Waals surface area contributed by atoms with Crippen LogP contribution in [0.2, 0.25) is 0 Å². The molecule has 0 spiro atoms. The zero-order valence-corrected chi connectivity index (χ0v) is 12.0. The lowest BCUT2D eigenvalue weighted by molar-refractivity contribution is -0.877. The second-order valence-corrected chi connectivity index (χ2v) is 6.74. The highest BCUT2D eigenvalue weighted by Gasteiger charge is 2.19. The smallest absolute Gasteiger partial charge is 0.124 e. The first-order valence-corrected chi connectivity index (χ1v) is 7.46. The summed E-state index contributed by atoms with van der Waals surface area (Å²) in [6.07, 6.45) is 2.88. The van der Waals surface area contributed by atoms with E-state index in [4.69, 9.17) is 0 Å². The van der Waals surface area contributed by atoms with Crippen molar-refractivity contribution in [1.29, 1.82) is 0 Å². The molecular formula is C13H21NO3S. The molecule has 0 saturated carbocycles. The molecule has 0 unspecified atom stereocenters. The standard InChI is InChI=1S/C7H8O3S.C6H14N/c1-6-2-4-7(5-3-6)11(8,9)10;1-7(2)5-3-4-6-7/h2-5H,1H3,(H,8,9,10);3-6H2,1-2H3/q;+1/p-1. The zero-order chi connectivity index (χ0) is 13.8. The third-order valence-electron chi connectivity index (χ3n) is 3.09. The summed E-state index contributed by atoms with van der Waals surface area (Å²) in [6, 6.07) is 5.78. The summed E-state index contributed by atoms with van der Waals surface area (Å²) in [4.78, 5) is -0.178. The summed E-state index contributed by atoms with van der Waals surface area (Å²) >= 11 is 0. The van der Waals surface area contributed by atoms with Crippen LogP contribution < -0.4 is 0 Å². The van der Waals surface area contributed by atoms with E-state index in [-0.39, 0.29) is 4.90 Å². The van der Waals surface area contributed by atoms with Crippen molar-refractivity contribution >= 4 is 10.1 Å². The van der Waals surface area contributed by atoms with Crippen molar-refractivity contribution in [1.82, 2.24) is 0 Å². The first-order chi connectivity index (χ1) is 8.21. The minimum absolute atomic E-state index is 0.178. The first-order valence-electron chi connectivity index (χ1n) is 6.05. The molecule has 0 radical (unpaired) electrons. The predicted molar refractivity (Wildman–Crippen MR) is 70.2 cm³/mol. The van der Waals surface area contributed by atoms with Crippen molar-refractivity contribution in [3.63, 3.8) is 0 Å². The molecule has 102 valence electrons. The molecule has 4 nitrogen and oxygen atoms in total. The van der Waals surface area contributed by atoms with Crippen LogP contribution in [0.25, 0.3) is 0 Å². The van der Waals surface area contributed by atoms with Crippen LogP contribution in [0.3, 0.4) is 0 Å². The van der Waals surface area contributed by atoms with E-state index in [1.54, 1.807) is 12.1 Å². The molecular weight excluding hydrogens is 250 g/mol. The van der Waals surface area contributed by atoms with Crippen LogP contribution in [0.4, 0.5) is 0 Å². The predicted octanol–water partition coefficient (Wildman–Crippen LogP) is 1.76. The molecule has 1 heterocycles. The molecule has 5 heteroatoms. The van der Waals surface area contributed by atoms with Gasteiger partial charge in [-0.05, 0) is 19.1 Å². The molecule has 1 aliphatic heterocycles. The topological polar surface area (TPSA) is 57.2 Å². The fraction of sp³-hybridized carbons (Fsp3) is 0.538. The Morgan fingerprint density at radius 1 is 1.06 bits per heavy atom. The van der Waals surface area contributed by atoms with Crippen molar-refractivity contribution < 1.29 is 17.5 Å². The number of likely N-dealkylation sites (tertiary alicyclic amines) is 1. The van der Waals surface area contributed by atoms with Crippen LogP contribution in [0.15, 0.2) is 29.2 Å². The fourth-order valence-corrected chi connectivity index (χ4v) is 2.37. The van der Waals surface area contributed by atoms with E-state index in [1.807, 2.05) is 6.92 Å². The molecule has 2 rings (SSSR count). The summed E-state index contributed by atoms with van der Waals surface area (Å²) in [5.41, 5.74) is 0.928. The molecule has 1 aromatic rings. The SMILES string of the molecule is C[N+]1(C)CCCC1.Cc1ccc(S(=O)(=O)[O-])cc1. The second-order valence-electron chi connectivity index (χ2n) is 5.36. The van der Waals surface area contributed by atoms with Gasteiger partial charge in [0, 0.05) is 12.8 Å². The normalized spacial score (nSPS) is 18.0. The van der Waals surface area contributed by atoms with Crippen LogP contribution in [0, 0.1) is 6.92 Å². The van der Waals surface area contributed by atoms with Gasteiger partial charge in [0.25, 0.3) is 0 Å². The van der Waals surface area contributed by atoms with E-state index in [1.165, 1.54) is 42.5 Å². The van der Waals surface area contributed by atoms with Gasteiger partial charge in [-0.25, -0.2) is 8.42 Å². The average molecular weight is 271 g/mol. The minimum atomic E-state index is -4.27. The minimum Gasteiger partial charge on any atom is -0.744 e. The molecule has 0 amide bonds. The molecule has 1 saturated heterocycles. The first kappa shape index (κ1) is 15.1. The number of nitrogens with zero attached hydrogens (tertiary/aromatic N) is 1. The van der Waals surface area contributed by atoms with Crippen molar-refractivity contribution in [2.45, 2.75) is 24.7 Å². The lowest BCUT2D eigenvalue weighted by Gasteiger charge is -2.21. The monoisotopic (exact) mass is 271 g/mol. The van der Waals surface area contributed by atoms with Gasteiger partial charge in [-0.3, -0.25) is 0 Å². The molecule has 0 aliphatic carbocycles. The van der Waals surface area contributed by atoms with Crippen LogP contribution in [-0.2, 0) is 10.1 Å². The van der Waals surface area contributed by atoms with Crippen molar-refractivity contribution in [3.8, 4) is 0 Å². The van der Waals surface area contributed by atoms with Gasteiger partial charge in [0.2, 0.25) is 0 Å². The maximum atomic E-state index is 10.4. The fourth-order valence-electron chi connectivity index (χ4n) is 1.90. The number of rotatable bonds is 1. The molecule has 0 N–H and O–H groups in total. The zero-order valence-electron chi connectivity index (χ0n) is 11.2. The molecule has 1 aromatic carbocycles. The molecule has 0 aromatic heterocycles. The highest BCUT2D eigenvalue weighted by molar-refractivity contribution is 7.85. The summed E-state index contributed by atoms with van der Waals surface area (Å²) in [5, 5.41) is 0. The van der Waals surface area contributed by atoms with E-state index >= 15 is 0 Å². The van der Waals surface area contributed by atoms with Crippen molar-refractivity contribution in [2.75, 3.05) is 27.2 Å². The maximum absolute atomic E-state index is 10.4. The van der Waals surface area contributed by atoms with E-state index < -0.39 is 10.1 Å².